The highest BCUT2D eigenvalue weighted by Crippen LogP contribution is 2.27. The minimum atomic E-state index is -0.0322. The number of aryl methyl sites for hydroxylation is 2. The molecule has 1 aromatic heterocycles. The monoisotopic (exact) mass is 366 g/mol. The van der Waals surface area contributed by atoms with Gasteiger partial charge in [-0.3, -0.25) is 4.79 Å². The maximum Gasteiger partial charge on any atom is 0.227 e. The lowest BCUT2D eigenvalue weighted by molar-refractivity contribution is -0.120. The molecule has 27 heavy (non-hydrogen) atoms. The van der Waals surface area contributed by atoms with E-state index < -0.39 is 0 Å². The van der Waals surface area contributed by atoms with Gasteiger partial charge < -0.3 is 15.0 Å². The van der Waals surface area contributed by atoms with Gasteiger partial charge in [0.15, 0.2) is 0 Å². The number of nitrogens with zero attached hydrogens (tertiary/aromatic N) is 3. The predicted octanol–water partition coefficient (Wildman–Crippen LogP) is 2.67. The summed E-state index contributed by atoms with van der Waals surface area (Å²) in [5.41, 5.74) is 5.40. The molecule has 0 bridgehead atoms. The summed E-state index contributed by atoms with van der Waals surface area (Å²) in [7, 11) is 0. The molecule has 1 aliphatic heterocycles. The van der Waals surface area contributed by atoms with Crippen LogP contribution in [0.4, 0.5) is 11.6 Å². The molecule has 0 spiro atoms. The Morgan fingerprint density at radius 1 is 1.26 bits per heavy atom. The second-order valence-electron chi connectivity index (χ2n) is 7.42. The van der Waals surface area contributed by atoms with Gasteiger partial charge in [-0.15, -0.1) is 0 Å². The minimum Gasteiger partial charge on any atom is -0.378 e. The Kier molecular flexibility index (Phi) is 5.07. The van der Waals surface area contributed by atoms with Crippen molar-refractivity contribution in [3.63, 3.8) is 0 Å². The van der Waals surface area contributed by atoms with E-state index >= 15 is 0 Å². The van der Waals surface area contributed by atoms with Crippen LogP contribution in [0.25, 0.3) is 0 Å². The first-order valence-electron chi connectivity index (χ1n) is 9.66. The van der Waals surface area contributed by atoms with Crippen LogP contribution in [0.15, 0.2) is 24.4 Å². The summed E-state index contributed by atoms with van der Waals surface area (Å²) in [5.74, 6) is 0.845. The number of hydrogen-bond acceptors (Lipinski definition) is 5. The molecule has 1 aromatic carbocycles. The zero-order chi connectivity index (χ0) is 18.8. The van der Waals surface area contributed by atoms with Crippen LogP contribution >= 0.6 is 0 Å². The van der Waals surface area contributed by atoms with E-state index in [0.29, 0.717) is 6.42 Å². The Morgan fingerprint density at radius 2 is 2.07 bits per heavy atom. The van der Waals surface area contributed by atoms with Crippen molar-refractivity contribution < 1.29 is 9.53 Å². The average Bonchev–Trinajstić information content (AvgIpc) is 2.71. The summed E-state index contributed by atoms with van der Waals surface area (Å²) < 4.78 is 5.40. The number of anilines is 2. The third-order valence-corrected chi connectivity index (χ3v) is 5.66. The molecule has 2 aliphatic rings. The van der Waals surface area contributed by atoms with Crippen LogP contribution in [0.5, 0.6) is 0 Å². The van der Waals surface area contributed by atoms with Crippen molar-refractivity contribution in [2.45, 2.75) is 33.1 Å². The lowest BCUT2D eigenvalue weighted by Crippen LogP contribution is -2.38. The Hall–Kier alpha value is -2.47. The van der Waals surface area contributed by atoms with Gasteiger partial charge in [0.25, 0.3) is 0 Å². The Labute approximate surface area is 160 Å². The van der Waals surface area contributed by atoms with E-state index in [-0.39, 0.29) is 11.8 Å². The maximum atomic E-state index is 12.8. The third-order valence-electron chi connectivity index (χ3n) is 5.66. The highest BCUT2D eigenvalue weighted by Gasteiger charge is 2.27. The maximum absolute atomic E-state index is 12.8. The summed E-state index contributed by atoms with van der Waals surface area (Å²) >= 11 is 0. The molecule has 1 aliphatic carbocycles. The van der Waals surface area contributed by atoms with E-state index in [1.807, 2.05) is 25.3 Å². The van der Waals surface area contributed by atoms with Gasteiger partial charge in [0.1, 0.15) is 0 Å². The Morgan fingerprint density at radius 3 is 2.89 bits per heavy atom. The standard InChI is InChI=1S/C21H26N4O2/c1-14-4-3-5-18(15(14)2)23-20(26)16-6-7-19-17(12-16)13-22-21(24-19)25-8-10-27-11-9-25/h3-5,13,16H,6-12H2,1-2H3,(H,23,26). The van der Waals surface area contributed by atoms with E-state index in [0.717, 1.165) is 67.6 Å². The summed E-state index contributed by atoms with van der Waals surface area (Å²) in [5, 5.41) is 3.11. The smallest absolute Gasteiger partial charge is 0.227 e. The second kappa shape index (κ2) is 7.64. The van der Waals surface area contributed by atoms with Gasteiger partial charge in [0, 0.05) is 36.6 Å². The quantitative estimate of drug-likeness (QED) is 0.905. The van der Waals surface area contributed by atoms with Crippen LogP contribution in [0.2, 0.25) is 0 Å². The molecule has 1 atom stereocenters. The average molecular weight is 366 g/mol. The van der Waals surface area contributed by atoms with Crippen molar-refractivity contribution >= 4 is 17.5 Å². The number of carbonyl (C=O) groups is 1. The van der Waals surface area contributed by atoms with Gasteiger partial charge in [0.05, 0.1) is 13.2 Å². The van der Waals surface area contributed by atoms with Gasteiger partial charge in [-0.2, -0.15) is 0 Å². The zero-order valence-corrected chi connectivity index (χ0v) is 16.0. The topological polar surface area (TPSA) is 67.4 Å². The normalized spacial score (nSPS) is 19.5. The van der Waals surface area contributed by atoms with Gasteiger partial charge in [0.2, 0.25) is 11.9 Å². The Bertz CT molecular complexity index is 846. The van der Waals surface area contributed by atoms with E-state index in [1.165, 1.54) is 5.56 Å². The molecule has 6 nitrogen and oxygen atoms in total. The molecule has 1 N–H and O–H groups in total. The number of ether oxygens (including phenoxy) is 1. The number of benzene rings is 1. The largest absolute Gasteiger partial charge is 0.378 e. The molecule has 2 heterocycles. The molecular formula is C21H26N4O2. The van der Waals surface area contributed by atoms with Crippen molar-refractivity contribution in [1.29, 1.82) is 0 Å². The number of nitrogens with one attached hydrogen (secondary N) is 1. The molecule has 142 valence electrons. The summed E-state index contributed by atoms with van der Waals surface area (Å²) in [4.78, 5) is 24.3. The van der Waals surface area contributed by atoms with E-state index in [9.17, 15) is 4.79 Å². The summed E-state index contributed by atoms with van der Waals surface area (Å²) in [6.45, 7) is 7.22. The van der Waals surface area contributed by atoms with E-state index in [2.05, 4.69) is 28.2 Å². The highest BCUT2D eigenvalue weighted by atomic mass is 16.5. The molecule has 6 heteroatoms. The zero-order valence-electron chi connectivity index (χ0n) is 16.0. The van der Waals surface area contributed by atoms with E-state index in [4.69, 9.17) is 9.72 Å². The molecule has 1 unspecified atom stereocenters. The first kappa shape index (κ1) is 17.9. The van der Waals surface area contributed by atoms with Crippen molar-refractivity contribution in [3.8, 4) is 0 Å². The molecule has 0 radical (unpaired) electrons. The SMILES string of the molecule is Cc1cccc(NC(=O)C2CCc3nc(N4CCOCC4)ncc3C2)c1C. The van der Waals surface area contributed by atoms with E-state index in [1.54, 1.807) is 0 Å². The van der Waals surface area contributed by atoms with Crippen LogP contribution < -0.4 is 10.2 Å². The van der Waals surface area contributed by atoms with Crippen LogP contribution in [-0.2, 0) is 22.4 Å². The van der Waals surface area contributed by atoms with Crippen molar-refractivity contribution in [2.24, 2.45) is 5.92 Å². The fourth-order valence-electron chi connectivity index (χ4n) is 3.76. The summed E-state index contributed by atoms with van der Waals surface area (Å²) in [6, 6.07) is 6.01. The first-order chi connectivity index (χ1) is 13.1. The molecule has 4 rings (SSSR count). The first-order valence-corrected chi connectivity index (χ1v) is 9.66. The van der Waals surface area contributed by atoms with Gasteiger partial charge >= 0.3 is 0 Å². The number of carbonyl (C=O) groups excluding carboxylic acids is 1. The van der Waals surface area contributed by atoms with Crippen molar-refractivity contribution in [3.05, 3.63) is 46.8 Å². The van der Waals surface area contributed by atoms with Gasteiger partial charge in [-0.05, 0) is 55.9 Å². The van der Waals surface area contributed by atoms with Crippen molar-refractivity contribution in [1.82, 2.24) is 9.97 Å². The third kappa shape index (κ3) is 3.81. The number of morpholine rings is 1. The van der Waals surface area contributed by atoms with Crippen LogP contribution in [0.3, 0.4) is 0 Å². The number of fused-ring (bicyclic) bond motifs is 1. The predicted molar refractivity (Wildman–Crippen MR) is 105 cm³/mol. The molecule has 0 saturated carbocycles. The number of hydrogen-bond donors (Lipinski definition) is 1. The molecule has 1 saturated heterocycles. The molecule has 1 amide bonds. The number of rotatable bonds is 3. The second-order valence-corrected chi connectivity index (χ2v) is 7.42. The lowest BCUT2D eigenvalue weighted by atomic mass is 9.86. The van der Waals surface area contributed by atoms with Crippen molar-refractivity contribution in [2.75, 3.05) is 36.5 Å². The van der Waals surface area contributed by atoms with Crippen LogP contribution in [0.1, 0.15) is 28.8 Å². The number of aromatic nitrogens is 2. The van der Waals surface area contributed by atoms with Crippen LogP contribution in [-0.4, -0.2) is 42.2 Å². The Balaban J connectivity index is 1.45. The minimum absolute atomic E-state index is 0.0322. The fourth-order valence-corrected chi connectivity index (χ4v) is 3.76. The molecule has 2 aromatic rings. The summed E-state index contributed by atoms with van der Waals surface area (Å²) in [6.07, 6.45) is 4.25. The molecule has 1 fully saturated rings. The number of amides is 1. The van der Waals surface area contributed by atoms with Gasteiger partial charge in [-0.25, -0.2) is 9.97 Å². The molecular weight excluding hydrogens is 340 g/mol. The van der Waals surface area contributed by atoms with Crippen LogP contribution in [0, 0.1) is 19.8 Å². The van der Waals surface area contributed by atoms with Gasteiger partial charge in [-0.1, -0.05) is 12.1 Å². The lowest BCUT2D eigenvalue weighted by Gasteiger charge is -2.29. The fraction of sp³-hybridized carbons (Fsp3) is 0.476. The highest BCUT2D eigenvalue weighted by molar-refractivity contribution is 5.93.